The van der Waals surface area contributed by atoms with Crippen LogP contribution in [0.4, 0.5) is 5.82 Å². The fourth-order valence-electron chi connectivity index (χ4n) is 2.38. The van der Waals surface area contributed by atoms with Crippen molar-refractivity contribution in [3.05, 3.63) is 11.8 Å². The van der Waals surface area contributed by atoms with Crippen LogP contribution in [0.3, 0.4) is 0 Å². The van der Waals surface area contributed by atoms with Gasteiger partial charge in [0.15, 0.2) is 0 Å². The zero-order valence-electron chi connectivity index (χ0n) is 9.03. The number of nitrogen functional groups attached to an aromatic ring is 1. The minimum Gasteiger partial charge on any atom is -0.384 e. The highest BCUT2D eigenvalue weighted by molar-refractivity contribution is 5.37. The summed E-state index contributed by atoms with van der Waals surface area (Å²) in [5.74, 6) is 1.56. The van der Waals surface area contributed by atoms with E-state index < -0.39 is 0 Å². The van der Waals surface area contributed by atoms with E-state index in [0.717, 1.165) is 11.4 Å². The predicted molar refractivity (Wildman–Crippen MR) is 58.0 cm³/mol. The monoisotopic (exact) mass is 193 g/mol. The van der Waals surface area contributed by atoms with Crippen LogP contribution in [0.15, 0.2) is 6.20 Å². The van der Waals surface area contributed by atoms with Gasteiger partial charge in [0.2, 0.25) is 0 Å². The van der Waals surface area contributed by atoms with Crippen molar-refractivity contribution in [3.8, 4) is 0 Å². The van der Waals surface area contributed by atoms with Crippen LogP contribution < -0.4 is 5.73 Å². The molecule has 1 heterocycles. The standard InChI is InChI=1S/C11H19N3/c1-8-5-3-4-6-10(8)14-11(12)9(2)7-13-14/h7-8,10H,3-6,12H2,1-2H3. The lowest BCUT2D eigenvalue weighted by molar-refractivity contribution is 0.243. The van der Waals surface area contributed by atoms with Gasteiger partial charge in [-0.3, -0.25) is 0 Å². The van der Waals surface area contributed by atoms with E-state index in [1.54, 1.807) is 0 Å². The van der Waals surface area contributed by atoms with E-state index in [4.69, 9.17) is 5.73 Å². The van der Waals surface area contributed by atoms with Gasteiger partial charge in [0.25, 0.3) is 0 Å². The molecule has 14 heavy (non-hydrogen) atoms. The minimum atomic E-state index is 0.525. The fraction of sp³-hybridized carbons (Fsp3) is 0.727. The number of aromatic nitrogens is 2. The first kappa shape index (κ1) is 9.56. The lowest BCUT2D eigenvalue weighted by atomic mass is 9.86. The summed E-state index contributed by atoms with van der Waals surface area (Å²) in [6.45, 7) is 4.33. The third kappa shape index (κ3) is 1.51. The van der Waals surface area contributed by atoms with Gasteiger partial charge in [-0.15, -0.1) is 0 Å². The third-order valence-electron chi connectivity index (χ3n) is 3.41. The number of nitrogens with zero attached hydrogens (tertiary/aromatic N) is 2. The van der Waals surface area contributed by atoms with Gasteiger partial charge in [-0.05, 0) is 25.7 Å². The van der Waals surface area contributed by atoms with Crippen molar-refractivity contribution in [1.29, 1.82) is 0 Å². The van der Waals surface area contributed by atoms with E-state index in [1.807, 2.05) is 17.8 Å². The molecular formula is C11H19N3. The Labute approximate surface area is 85.3 Å². The molecule has 3 heteroatoms. The number of aryl methyl sites for hydroxylation is 1. The van der Waals surface area contributed by atoms with Crippen LogP contribution in [0.5, 0.6) is 0 Å². The Hall–Kier alpha value is -0.990. The maximum absolute atomic E-state index is 6.00. The Bertz CT molecular complexity index is 316. The molecule has 1 aliphatic rings. The molecule has 0 amide bonds. The molecule has 1 aromatic heterocycles. The summed E-state index contributed by atoms with van der Waals surface area (Å²) in [6, 6.07) is 0.525. The van der Waals surface area contributed by atoms with Crippen molar-refractivity contribution >= 4 is 5.82 Å². The first-order valence-electron chi connectivity index (χ1n) is 5.49. The zero-order chi connectivity index (χ0) is 10.1. The quantitative estimate of drug-likeness (QED) is 0.744. The summed E-state index contributed by atoms with van der Waals surface area (Å²) in [4.78, 5) is 0. The average molecular weight is 193 g/mol. The molecule has 78 valence electrons. The first-order valence-corrected chi connectivity index (χ1v) is 5.49. The van der Waals surface area contributed by atoms with Gasteiger partial charge in [-0.1, -0.05) is 19.8 Å². The smallest absolute Gasteiger partial charge is 0.124 e. The Kier molecular flexibility index (Phi) is 2.48. The van der Waals surface area contributed by atoms with Gasteiger partial charge in [0.1, 0.15) is 5.82 Å². The second-order valence-corrected chi connectivity index (χ2v) is 4.49. The van der Waals surface area contributed by atoms with Gasteiger partial charge in [-0.25, -0.2) is 4.68 Å². The molecule has 0 aromatic carbocycles. The van der Waals surface area contributed by atoms with E-state index in [2.05, 4.69) is 12.0 Å². The second kappa shape index (κ2) is 3.64. The van der Waals surface area contributed by atoms with Crippen LogP contribution in [0.25, 0.3) is 0 Å². The van der Waals surface area contributed by atoms with E-state index in [-0.39, 0.29) is 0 Å². The van der Waals surface area contributed by atoms with Crippen LogP contribution in [0, 0.1) is 12.8 Å². The molecule has 2 unspecified atom stereocenters. The minimum absolute atomic E-state index is 0.525. The Balaban J connectivity index is 2.24. The molecule has 2 atom stereocenters. The molecule has 0 spiro atoms. The molecule has 1 aliphatic carbocycles. The molecule has 0 aliphatic heterocycles. The van der Waals surface area contributed by atoms with E-state index in [0.29, 0.717) is 12.0 Å². The van der Waals surface area contributed by atoms with E-state index >= 15 is 0 Å². The molecule has 3 nitrogen and oxygen atoms in total. The SMILES string of the molecule is Cc1cnn(C2CCCCC2C)c1N. The largest absolute Gasteiger partial charge is 0.384 e. The van der Waals surface area contributed by atoms with Gasteiger partial charge in [-0.2, -0.15) is 5.10 Å². The molecule has 1 fully saturated rings. The summed E-state index contributed by atoms with van der Waals surface area (Å²) in [7, 11) is 0. The van der Waals surface area contributed by atoms with Crippen LogP contribution in [0.2, 0.25) is 0 Å². The summed E-state index contributed by atoms with van der Waals surface area (Å²) < 4.78 is 2.03. The van der Waals surface area contributed by atoms with Gasteiger partial charge in [0.05, 0.1) is 12.2 Å². The predicted octanol–water partition coefficient (Wildman–Crippen LogP) is 2.52. The molecule has 2 rings (SSSR count). The van der Waals surface area contributed by atoms with Crippen molar-refractivity contribution < 1.29 is 0 Å². The van der Waals surface area contributed by atoms with Crippen LogP contribution in [0.1, 0.15) is 44.2 Å². The van der Waals surface area contributed by atoms with E-state index in [1.165, 1.54) is 25.7 Å². The van der Waals surface area contributed by atoms with Crippen molar-refractivity contribution in [2.45, 2.75) is 45.6 Å². The maximum Gasteiger partial charge on any atom is 0.124 e. The Morgan fingerprint density at radius 3 is 2.71 bits per heavy atom. The van der Waals surface area contributed by atoms with Crippen molar-refractivity contribution in [1.82, 2.24) is 9.78 Å². The molecule has 0 bridgehead atoms. The average Bonchev–Trinajstić information content (AvgIpc) is 2.49. The summed E-state index contributed by atoms with van der Waals surface area (Å²) in [5, 5.41) is 4.38. The number of hydrogen-bond donors (Lipinski definition) is 1. The van der Waals surface area contributed by atoms with Crippen LogP contribution in [-0.4, -0.2) is 9.78 Å². The fourth-order valence-corrected chi connectivity index (χ4v) is 2.38. The molecule has 1 aromatic rings. The van der Waals surface area contributed by atoms with Gasteiger partial charge < -0.3 is 5.73 Å². The second-order valence-electron chi connectivity index (χ2n) is 4.49. The molecule has 0 radical (unpaired) electrons. The van der Waals surface area contributed by atoms with Crippen molar-refractivity contribution in [2.24, 2.45) is 5.92 Å². The molecule has 2 N–H and O–H groups in total. The third-order valence-corrected chi connectivity index (χ3v) is 3.41. The molecule has 0 saturated heterocycles. The van der Waals surface area contributed by atoms with Crippen molar-refractivity contribution in [3.63, 3.8) is 0 Å². The van der Waals surface area contributed by atoms with Gasteiger partial charge in [0, 0.05) is 5.56 Å². The molecule has 1 saturated carbocycles. The van der Waals surface area contributed by atoms with Crippen molar-refractivity contribution in [2.75, 3.05) is 5.73 Å². The summed E-state index contributed by atoms with van der Waals surface area (Å²) in [5.41, 5.74) is 7.10. The Morgan fingerprint density at radius 1 is 1.43 bits per heavy atom. The summed E-state index contributed by atoms with van der Waals surface area (Å²) in [6.07, 6.45) is 7.08. The lowest BCUT2D eigenvalue weighted by Gasteiger charge is -2.29. The van der Waals surface area contributed by atoms with Gasteiger partial charge >= 0.3 is 0 Å². The lowest BCUT2D eigenvalue weighted by Crippen LogP contribution is -2.23. The maximum atomic E-state index is 6.00. The van der Waals surface area contributed by atoms with Crippen LogP contribution in [-0.2, 0) is 0 Å². The van der Waals surface area contributed by atoms with E-state index in [9.17, 15) is 0 Å². The number of rotatable bonds is 1. The highest BCUT2D eigenvalue weighted by Gasteiger charge is 2.24. The number of anilines is 1. The summed E-state index contributed by atoms with van der Waals surface area (Å²) >= 11 is 0. The highest BCUT2D eigenvalue weighted by Crippen LogP contribution is 2.34. The molecular weight excluding hydrogens is 174 g/mol. The highest BCUT2D eigenvalue weighted by atomic mass is 15.3. The first-order chi connectivity index (χ1) is 6.70. The topological polar surface area (TPSA) is 43.8 Å². The number of nitrogens with two attached hydrogens (primary N) is 1. The normalized spacial score (nSPS) is 27.9. The zero-order valence-corrected chi connectivity index (χ0v) is 9.03. The van der Waals surface area contributed by atoms with Crippen LogP contribution >= 0.6 is 0 Å². The Morgan fingerprint density at radius 2 is 2.14 bits per heavy atom. The number of hydrogen-bond acceptors (Lipinski definition) is 2.